The fraction of sp³-hybridized carbons (Fsp3) is 0.286. The largest absolute Gasteiger partial charge is 0.350 e. The van der Waals surface area contributed by atoms with E-state index in [1.807, 2.05) is 19.9 Å². The van der Waals surface area contributed by atoms with Gasteiger partial charge in [-0.15, -0.1) is 5.10 Å². The SMILES string of the molecule is CCC(C)NC(=O)c1cccc(CNC(=O)Cn2nnc3ccccc3c2=O)c1. The molecule has 0 aliphatic rings. The Kier molecular flexibility index (Phi) is 6.33. The Morgan fingerprint density at radius 3 is 2.72 bits per heavy atom. The second kappa shape index (κ2) is 9.09. The summed E-state index contributed by atoms with van der Waals surface area (Å²) in [5.74, 6) is -0.517. The molecule has 0 saturated carbocycles. The van der Waals surface area contributed by atoms with Gasteiger partial charge in [-0.25, -0.2) is 4.68 Å². The minimum absolute atomic E-state index is 0.0900. The van der Waals surface area contributed by atoms with Crippen LogP contribution in [-0.4, -0.2) is 32.9 Å². The van der Waals surface area contributed by atoms with Crippen molar-refractivity contribution in [3.8, 4) is 0 Å². The molecular weight excluding hydrogens is 370 g/mol. The molecule has 0 bridgehead atoms. The van der Waals surface area contributed by atoms with E-state index >= 15 is 0 Å². The van der Waals surface area contributed by atoms with E-state index in [0.29, 0.717) is 16.5 Å². The first-order valence-electron chi connectivity index (χ1n) is 9.47. The van der Waals surface area contributed by atoms with E-state index in [1.54, 1.807) is 42.5 Å². The Balaban J connectivity index is 1.63. The molecule has 150 valence electrons. The summed E-state index contributed by atoms with van der Waals surface area (Å²) in [6, 6.07) is 14.0. The molecule has 0 saturated heterocycles. The van der Waals surface area contributed by atoms with Crippen LogP contribution in [0.3, 0.4) is 0 Å². The smallest absolute Gasteiger partial charge is 0.278 e. The van der Waals surface area contributed by atoms with E-state index in [2.05, 4.69) is 20.9 Å². The molecule has 0 spiro atoms. The van der Waals surface area contributed by atoms with Crippen molar-refractivity contribution < 1.29 is 9.59 Å². The molecule has 1 aromatic heterocycles. The van der Waals surface area contributed by atoms with Gasteiger partial charge >= 0.3 is 0 Å². The maximum absolute atomic E-state index is 12.4. The van der Waals surface area contributed by atoms with Crippen molar-refractivity contribution in [1.29, 1.82) is 0 Å². The van der Waals surface area contributed by atoms with Crippen LogP contribution in [-0.2, 0) is 17.9 Å². The molecule has 2 N–H and O–H groups in total. The van der Waals surface area contributed by atoms with Crippen LogP contribution in [0.25, 0.3) is 10.9 Å². The highest BCUT2D eigenvalue weighted by Gasteiger charge is 2.11. The van der Waals surface area contributed by atoms with Gasteiger partial charge in [-0.3, -0.25) is 14.4 Å². The van der Waals surface area contributed by atoms with Gasteiger partial charge in [0, 0.05) is 18.2 Å². The molecule has 1 atom stereocenters. The summed E-state index contributed by atoms with van der Waals surface area (Å²) >= 11 is 0. The number of hydrogen-bond donors (Lipinski definition) is 2. The summed E-state index contributed by atoms with van der Waals surface area (Å²) < 4.78 is 1.04. The summed E-state index contributed by atoms with van der Waals surface area (Å²) in [5, 5.41) is 13.8. The van der Waals surface area contributed by atoms with Gasteiger partial charge < -0.3 is 10.6 Å². The number of benzene rings is 2. The van der Waals surface area contributed by atoms with Gasteiger partial charge in [0.05, 0.1) is 5.39 Å². The molecule has 3 rings (SSSR count). The van der Waals surface area contributed by atoms with Crippen LogP contribution in [0, 0.1) is 0 Å². The van der Waals surface area contributed by atoms with E-state index in [9.17, 15) is 14.4 Å². The third kappa shape index (κ3) is 5.04. The fourth-order valence-corrected chi connectivity index (χ4v) is 2.75. The highest BCUT2D eigenvalue weighted by molar-refractivity contribution is 5.94. The normalized spacial score (nSPS) is 11.8. The van der Waals surface area contributed by atoms with Crippen LogP contribution in [0.1, 0.15) is 36.2 Å². The molecule has 0 aliphatic heterocycles. The molecule has 0 fully saturated rings. The second-order valence-electron chi connectivity index (χ2n) is 6.83. The van der Waals surface area contributed by atoms with Crippen molar-refractivity contribution in [2.24, 2.45) is 0 Å². The number of fused-ring (bicyclic) bond motifs is 1. The number of carbonyl (C=O) groups excluding carboxylic acids is 2. The lowest BCUT2D eigenvalue weighted by Crippen LogP contribution is -2.34. The first-order valence-corrected chi connectivity index (χ1v) is 9.47. The number of hydrogen-bond acceptors (Lipinski definition) is 5. The summed E-state index contributed by atoms with van der Waals surface area (Å²) in [5.41, 5.74) is 1.44. The maximum Gasteiger partial charge on any atom is 0.278 e. The van der Waals surface area contributed by atoms with E-state index in [4.69, 9.17) is 0 Å². The van der Waals surface area contributed by atoms with Crippen molar-refractivity contribution in [2.75, 3.05) is 0 Å². The lowest BCUT2D eigenvalue weighted by Gasteiger charge is -2.12. The van der Waals surface area contributed by atoms with E-state index in [-0.39, 0.29) is 36.5 Å². The van der Waals surface area contributed by atoms with Gasteiger partial charge in [0.15, 0.2) is 0 Å². The third-order valence-electron chi connectivity index (χ3n) is 4.59. The summed E-state index contributed by atoms with van der Waals surface area (Å²) in [7, 11) is 0. The number of nitrogens with one attached hydrogen (secondary N) is 2. The molecule has 0 radical (unpaired) electrons. The Bertz CT molecular complexity index is 1090. The van der Waals surface area contributed by atoms with Crippen LogP contribution < -0.4 is 16.2 Å². The van der Waals surface area contributed by atoms with Gasteiger partial charge in [0.25, 0.3) is 11.5 Å². The first-order chi connectivity index (χ1) is 14.0. The molecule has 8 heteroatoms. The number of carbonyl (C=O) groups is 2. The van der Waals surface area contributed by atoms with Gasteiger partial charge in [-0.2, -0.15) is 0 Å². The lowest BCUT2D eigenvalue weighted by molar-refractivity contribution is -0.122. The van der Waals surface area contributed by atoms with Crippen molar-refractivity contribution in [3.05, 3.63) is 70.0 Å². The molecule has 1 unspecified atom stereocenters. The van der Waals surface area contributed by atoms with Crippen LogP contribution in [0.4, 0.5) is 0 Å². The van der Waals surface area contributed by atoms with Gasteiger partial charge in [-0.1, -0.05) is 36.4 Å². The third-order valence-corrected chi connectivity index (χ3v) is 4.59. The average molecular weight is 393 g/mol. The molecular formula is C21H23N5O3. The predicted octanol–water partition coefficient (Wildman–Crippen LogP) is 1.64. The minimum Gasteiger partial charge on any atom is -0.350 e. The van der Waals surface area contributed by atoms with E-state index in [1.165, 1.54) is 0 Å². The quantitative estimate of drug-likeness (QED) is 0.635. The first kappa shape index (κ1) is 20.2. The zero-order valence-electron chi connectivity index (χ0n) is 16.4. The summed E-state index contributed by atoms with van der Waals surface area (Å²) in [6.45, 7) is 3.95. The van der Waals surface area contributed by atoms with E-state index in [0.717, 1.165) is 16.7 Å². The monoisotopic (exact) mass is 393 g/mol. The van der Waals surface area contributed by atoms with Crippen LogP contribution in [0.15, 0.2) is 53.3 Å². The molecule has 1 heterocycles. The Morgan fingerprint density at radius 2 is 1.93 bits per heavy atom. The molecule has 2 amide bonds. The van der Waals surface area contributed by atoms with Crippen LogP contribution >= 0.6 is 0 Å². The van der Waals surface area contributed by atoms with Crippen LogP contribution in [0.5, 0.6) is 0 Å². The Labute approximate surface area is 167 Å². The Morgan fingerprint density at radius 1 is 1.14 bits per heavy atom. The summed E-state index contributed by atoms with van der Waals surface area (Å²) in [6.07, 6.45) is 0.846. The van der Waals surface area contributed by atoms with Gasteiger partial charge in [-0.05, 0) is 43.2 Å². The van der Waals surface area contributed by atoms with Crippen LogP contribution in [0.2, 0.25) is 0 Å². The van der Waals surface area contributed by atoms with Crippen molar-refractivity contribution in [1.82, 2.24) is 25.6 Å². The molecule has 8 nitrogen and oxygen atoms in total. The minimum atomic E-state index is -0.369. The predicted molar refractivity (Wildman–Crippen MR) is 109 cm³/mol. The van der Waals surface area contributed by atoms with E-state index < -0.39 is 0 Å². The number of aromatic nitrogens is 3. The standard InChI is InChI=1S/C21H23N5O3/c1-3-14(2)23-20(28)16-8-6-7-15(11-16)12-22-19(27)13-26-21(29)17-9-4-5-10-18(17)24-25-26/h4-11,14H,3,12-13H2,1-2H3,(H,22,27)(H,23,28). The zero-order chi connectivity index (χ0) is 20.8. The fourth-order valence-electron chi connectivity index (χ4n) is 2.75. The molecule has 0 aliphatic carbocycles. The Hall–Kier alpha value is -3.55. The second-order valence-corrected chi connectivity index (χ2v) is 6.83. The topological polar surface area (TPSA) is 106 Å². The van der Waals surface area contributed by atoms with Crippen molar-refractivity contribution in [2.45, 2.75) is 39.4 Å². The zero-order valence-corrected chi connectivity index (χ0v) is 16.4. The van der Waals surface area contributed by atoms with Crippen molar-refractivity contribution in [3.63, 3.8) is 0 Å². The highest BCUT2D eigenvalue weighted by Crippen LogP contribution is 2.06. The van der Waals surface area contributed by atoms with Crippen molar-refractivity contribution >= 4 is 22.7 Å². The number of rotatable bonds is 7. The summed E-state index contributed by atoms with van der Waals surface area (Å²) in [4.78, 5) is 36.9. The lowest BCUT2D eigenvalue weighted by atomic mass is 10.1. The number of amides is 2. The molecule has 2 aromatic carbocycles. The van der Waals surface area contributed by atoms with Gasteiger partial charge in [0.1, 0.15) is 12.1 Å². The maximum atomic E-state index is 12.4. The molecule has 29 heavy (non-hydrogen) atoms. The average Bonchev–Trinajstić information content (AvgIpc) is 2.74. The number of nitrogens with zero attached hydrogens (tertiary/aromatic N) is 3. The molecule has 3 aromatic rings. The highest BCUT2D eigenvalue weighted by atomic mass is 16.2. The van der Waals surface area contributed by atoms with Gasteiger partial charge in [0.2, 0.25) is 5.91 Å².